The number of phenolic OH excluding ortho intramolecular Hbond substituents is 1. The molecular weight excluding hydrogens is 457 g/mol. The number of halogens is 3. The summed E-state index contributed by atoms with van der Waals surface area (Å²) in [6.07, 6.45) is -4.52. The second kappa shape index (κ2) is 8.94. The minimum atomic E-state index is -4.52. The summed E-state index contributed by atoms with van der Waals surface area (Å²) >= 11 is 1.32. The average Bonchev–Trinajstić information content (AvgIpc) is 3.48. The number of alkyl halides is 3. The molecule has 2 N–H and O–H groups in total. The lowest BCUT2D eigenvalue weighted by Gasteiger charge is -2.09. The molecule has 7 nitrogen and oxygen atoms in total. The highest BCUT2D eigenvalue weighted by molar-refractivity contribution is 7.13. The molecule has 0 fully saturated rings. The molecular formula is C22H17F3N4O3S. The van der Waals surface area contributed by atoms with Gasteiger partial charge in [-0.25, -0.2) is 9.67 Å². The maximum absolute atomic E-state index is 13.2. The van der Waals surface area contributed by atoms with Crippen LogP contribution >= 0.6 is 11.3 Å². The first-order valence-corrected chi connectivity index (χ1v) is 10.5. The molecule has 1 amide bonds. The van der Waals surface area contributed by atoms with E-state index >= 15 is 0 Å². The quantitative estimate of drug-likeness (QED) is 0.424. The summed E-state index contributed by atoms with van der Waals surface area (Å²) in [5.41, 5.74) is -0.0447. The summed E-state index contributed by atoms with van der Waals surface area (Å²) in [5, 5.41) is 18.3. The highest BCUT2D eigenvalue weighted by Gasteiger charge is 2.31. The van der Waals surface area contributed by atoms with Gasteiger partial charge >= 0.3 is 6.18 Å². The molecule has 0 saturated carbocycles. The zero-order chi connectivity index (χ0) is 23.6. The molecule has 0 unspecified atom stereocenters. The molecule has 0 saturated heterocycles. The van der Waals surface area contributed by atoms with E-state index in [4.69, 9.17) is 4.74 Å². The number of carbonyl (C=O) groups is 1. The van der Waals surface area contributed by atoms with Gasteiger partial charge in [-0.2, -0.15) is 13.2 Å². The summed E-state index contributed by atoms with van der Waals surface area (Å²) in [4.78, 5) is 17.7. The molecule has 0 radical (unpaired) electrons. The number of rotatable bonds is 6. The number of aromatic nitrogens is 3. The van der Waals surface area contributed by atoms with E-state index in [1.165, 1.54) is 41.3 Å². The minimum Gasteiger partial charge on any atom is -0.504 e. The Morgan fingerprint density at radius 3 is 2.70 bits per heavy atom. The van der Waals surface area contributed by atoms with Crippen LogP contribution in [0.2, 0.25) is 0 Å². The van der Waals surface area contributed by atoms with E-state index in [9.17, 15) is 23.1 Å². The Morgan fingerprint density at radius 2 is 2.00 bits per heavy atom. The van der Waals surface area contributed by atoms with Gasteiger partial charge in [0.2, 0.25) is 5.82 Å². The number of hydrogen-bond donors (Lipinski definition) is 2. The molecule has 4 aromatic rings. The molecule has 0 spiro atoms. The van der Waals surface area contributed by atoms with Crippen LogP contribution in [0, 0.1) is 0 Å². The number of ether oxygens (including phenoxy) is 1. The van der Waals surface area contributed by atoms with Crippen molar-refractivity contribution in [2.24, 2.45) is 0 Å². The van der Waals surface area contributed by atoms with E-state index in [0.29, 0.717) is 10.4 Å². The molecule has 170 valence electrons. The van der Waals surface area contributed by atoms with Gasteiger partial charge in [0.1, 0.15) is 0 Å². The molecule has 2 aromatic heterocycles. The molecule has 0 atom stereocenters. The van der Waals surface area contributed by atoms with Gasteiger partial charge in [0.15, 0.2) is 17.3 Å². The van der Waals surface area contributed by atoms with E-state index in [-0.39, 0.29) is 35.4 Å². The van der Waals surface area contributed by atoms with Crippen molar-refractivity contribution in [1.82, 2.24) is 20.1 Å². The number of hydrogen-bond acceptors (Lipinski definition) is 6. The van der Waals surface area contributed by atoms with Gasteiger partial charge in [-0.15, -0.1) is 16.4 Å². The lowest BCUT2D eigenvalue weighted by molar-refractivity contribution is -0.137. The van der Waals surface area contributed by atoms with Crippen LogP contribution in [0.15, 0.2) is 60.0 Å². The van der Waals surface area contributed by atoms with Crippen molar-refractivity contribution in [3.05, 3.63) is 76.9 Å². The SMILES string of the molecule is COc1cc(CNC(=O)c2nc(-c3cccs3)n(-c3cccc(C(F)(F)F)c3)n2)ccc1O. The van der Waals surface area contributed by atoms with Gasteiger partial charge in [0.05, 0.1) is 23.2 Å². The number of carbonyl (C=O) groups excluding carboxylic acids is 1. The maximum atomic E-state index is 13.2. The predicted octanol–water partition coefficient (Wildman–Crippen LogP) is 4.66. The van der Waals surface area contributed by atoms with E-state index in [1.807, 2.05) is 0 Å². The smallest absolute Gasteiger partial charge is 0.416 e. The van der Waals surface area contributed by atoms with E-state index in [2.05, 4.69) is 15.4 Å². The Bertz CT molecular complexity index is 1290. The average molecular weight is 474 g/mol. The number of aromatic hydroxyl groups is 1. The third-order valence-electron chi connectivity index (χ3n) is 4.67. The van der Waals surface area contributed by atoms with Gasteiger partial charge in [-0.3, -0.25) is 4.79 Å². The number of amides is 1. The maximum Gasteiger partial charge on any atom is 0.416 e. The molecule has 11 heteroatoms. The number of nitrogens with one attached hydrogen (secondary N) is 1. The van der Waals surface area contributed by atoms with Gasteiger partial charge < -0.3 is 15.2 Å². The summed E-state index contributed by atoms with van der Waals surface area (Å²) in [5.74, 6) is -0.323. The van der Waals surface area contributed by atoms with Gasteiger partial charge in [-0.1, -0.05) is 18.2 Å². The Labute approximate surface area is 190 Å². The fourth-order valence-electron chi connectivity index (χ4n) is 3.06. The van der Waals surface area contributed by atoms with Crippen molar-refractivity contribution < 1.29 is 27.8 Å². The zero-order valence-corrected chi connectivity index (χ0v) is 17.9. The Morgan fingerprint density at radius 1 is 1.18 bits per heavy atom. The van der Waals surface area contributed by atoms with Crippen molar-refractivity contribution in [2.75, 3.05) is 7.11 Å². The molecule has 4 rings (SSSR count). The fourth-order valence-corrected chi connectivity index (χ4v) is 3.76. The molecule has 0 aliphatic heterocycles. The van der Waals surface area contributed by atoms with Crippen molar-refractivity contribution in [2.45, 2.75) is 12.7 Å². The molecule has 2 aromatic carbocycles. The molecule has 0 aliphatic rings. The second-order valence-electron chi connectivity index (χ2n) is 6.89. The van der Waals surface area contributed by atoms with E-state index in [1.54, 1.807) is 29.6 Å². The van der Waals surface area contributed by atoms with Crippen LogP contribution in [0.4, 0.5) is 13.2 Å². The van der Waals surface area contributed by atoms with Crippen molar-refractivity contribution in [3.8, 4) is 27.9 Å². The summed E-state index contributed by atoms with van der Waals surface area (Å²) in [6, 6.07) is 12.8. The Balaban J connectivity index is 1.64. The molecule has 0 bridgehead atoms. The lowest BCUT2D eigenvalue weighted by Crippen LogP contribution is -2.24. The summed E-state index contributed by atoms with van der Waals surface area (Å²) in [7, 11) is 1.41. The first kappa shape index (κ1) is 22.3. The largest absolute Gasteiger partial charge is 0.504 e. The highest BCUT2D eigenvalue weighted by Crippen LogP contribution is 2.32. The van der Waals surface area contributed by atoms with Crippen molar-refractivity contribution in [1.29, 1.82) is 0 Å². The third kappa shape index (κ3) is 4.82. The molecule has 33 heavy (non-hydrogen) atoms. The monoisotopic (exact) mass is 474 g/mol. The number of methoxy groups -OCH3 is 1. The molecule has 2 heterocycles. The first-order valence-electron chi connectivity index (χ1n) is 9.59. The van der Waals surface area contributed by atoms with Crippen molar-refractivity contribution >= 4 is 17.2 Å². The number of thiophene rings is 1. The third-order valence-corrected chi connectivity index (χ3v) is 5.53. The number of phenols is 1. The normalized spacial score (nSPS) is 11.4. The van der Waals surface area contributed by atoms with Crippen LogP contribution in [0.1, 0.15) is 21.7 Å². The lowest BCUT2D eigenvalue weighted by atomic mass is 10.2. The predicted molar refractivity (Wildman–Crippen MR) is 116 cm³/mol. The van der Waals surface area contributed by atoms with Gasteiger partial charge in [0, 0.05) is 6.54 Å². The van der Waals surface area contributed by atoms with E-state index < -0.39 is 17.6 Å². The topological polar surface area (TPSA) is 89.3 Å². The first-order chi connectivity index (χ1) is 15.8. The number of nitrogens with zero attached hydrogens (tertiary/aromatic N) is 3. The van der Waals surface area contributed by atoms with Crippen LogP contribution in [0.5, 0.6) is 11.5 Å². The van der Waals surface area contributed by atoms with Gasteiger partial charge in [-0.05, 0) is 47.3 Å². The fraction of sp³-hybridized carbons (Fsp3) is 0.136. The van der Waals surface area contributed by atoms with Crippen LogP contribution in [-0.2, 0) is 12.7 Å². The summed E-state index contributed by atoms with van der Waals surface area (Å²) < 4.78 is 45.9. The van der Waals surface area contributed by atoms with Crippen LogP contribution < -0.4 is 10.1 Å². The standard InChI is InChI=1S/C22H17F3N4O3S/c1-32-17-10-13(7-8-16(17)30)12-26-21(31)19-27-20(18-6-3-9-33-18)29(28-19)15-5-2-4-14(11-15)22(23,24)25/h2-11,30H,12H2,1H3,(H,26,31). The minimum absolute atomic E-state index is 0.0327. The molecule has 0 aliphatic carbocycles. The Hall–Kier alpha value is -3.86. The summed E-state index contributed by atoms with van der Waals surface area (Å²) in [6.45, 7) is 0.0991. The van der Waals surface area contributed by atoms with Crippen LogP contribution in [-0.4, -0.2) is 32.9 Å². The van der Waals surface area contributed by atoms with Gasteiger partial charge in [0.25, 0.3) is 5.91 Å². The highest BCUT2D eigenvalue weighted by atomic mass is 32.1. The number of benzene rings is 2. The van der Waals surface area contributed by atoms with Crippen molar-refractivity contribution in [3.63, 3.8) is 0 Å². The van der Waals surface area contributed by atoms with E-state index in [0.717, 1.165) is 12.1 Å². The van der Waals surface area contributed by atoms with Crippen LogP contribution in [0.3, 0.4) is 0 Å². The van der Waals surface area contributed by atoms with Crippen LogP contribution in [0.25, 0.3) is 16.4 Å². The zero-order valence-electron chi connectivity index (χ0n) is 17.1. The Kier molecular flexibility index (Phi) is 6.05. The second-order valence-corrected chi connectivity index (χ2v) is 7.83.